The Balaban J connectivity index is 1.72. The number of benzene rings is 3. The summed E-state index contributed by atoms with van der Waals surface area (Å²) in [5, 5.41) is 10.7. The summed E-state index contributed by atoms with van der Waals surface area (Å²) >= 11 is 0. The molecule has 0 N–H and O–H groups in total. The van der Waals surface area contributed by atoms with Crippen molar-refractivity contribution in [1.29, 1.82) is 0 Å². The number of ketones is 1. The fraction of sp³-hybridized carbons (Fsp3) is 0.0833. The van der Waals surface area contributed by atoms with Crippen molar-refractivity contribution < 1.29 is 28.7 Å². The van der Waals surface area contributed by atoms with E-state index in [0.717, 1.165) is 0 Å². The molecular weight excluding hydrogens is 414 g/mol. The molecule has 0 unspecified atom stereocenters. The number of nitro benzene ring substituents is 1. The van der Waals surface area contributed by atoms with Crippen LogP contribution in [0.3, 0.4) is 0 Å². The molecule has 3 aromatic carbocycles. The van der Waals surface area contributed by atoms with Crippen LogP contribution in [0.1, 0.15) is 26.3 Å². The van der Waals surface area contributed by atoms with Crippen LogP contribution in [0.25, 0.3) is 6.08 Å². The molecule has 0 radical (unpaired) electrons. The summed E-state index contributed by atoms with van der Waals surface area (Å²) < 4.78 is 15.7. The fourth-order valence-electron chi connectivity index (χ4n) is 2.83. The molecule has 0 aromatic heterocycles. The first-order valence-corrected chi connectivity index (χ1v) is 9.42. The molecule has 8 heteroatoms. The van der Waals surface area contributed by atoms with Gasteiger partial charge in [-0.05, 0) is 48.0 Å². The summed E-state index contributed by atoms with van der Waals surface area (Å²) in [4.78, 5) is 35.0. The maximum Gasteiger partial charge on any atom is 0.343 e. The Morgan fingerprint density at radius 2 is 1.66 bits per heavy atom. The molecule has 162 valence electrons. The van der Waals surface area contributed by atoms with Crippen LogP contribution in [-0.4, -0.2) is 30.9 Å². The van der Waals surface area contributed by atoms with Crippen LogP contribution in [0.2, 0.25) is 0 Å². The Morgan fingerprint density at radius 3 is 2.31 bits per heavy atom. The van der Waals surface area contributed by atoms with Gasteiger partial charge in [-0.1, -0.05) is 18.2 Å². The van der Waals surface area contributed by atoms with Crippen LogP contribution in [0, 0.1) is 10.1 Å². The zero-order valence-corrected chi connectivity index (χ0v) is 17.3. The molecule has 8 nitrogen and oxygen atoms in total. The molecule has 3 rings (SSSR count). The summed E-state index contributed by atoms with van der Waals surface area (Å²) in [5.74, 6) is 0.317. The van der Waals surface area contributed by atoms with E-state index in [1.54, 1.807) is 48.5 Å². The van der Waals surface area contributed by atoms with E-state index < -0.39 is 10.9 Å². The molecule has 32 heavy (non-hydrogen) atoms. The van der Waals surface area contributed by atoms with Crippen molar-refractivity contribution in [1.82, 2.24) is 0 Å². The standard InChI is InChI=1S/C24H19NO7/c1-30-19-11-12-21(23(15-19)31-2)22(26)13-6-16-4-3-5-20(14-16)32-24(27)17-7-9-18(10-8-17)25(28)29/h3-15H,1-2H3. The summed E-state index contributed by atoms with van der Waals surface area (Å²) in [6.45, 7) is 0. The minimum atomic E-state index is -0.653. The van der Waals surface area contributed by atoms with E-state index in [4.69, 9.17) is 14.2 Å². The Morgan fingerprint density at radius 1 is 0.906 bits per heavy atom. The Kier molecular flexibility index (Phi) is 6.97. The number of hydrogen-bond acceptors (Lipinski definition) is 7. The molecular formula is C24H19NO7. The predicted molar refractivity (Wildman–Crippen MR) is 117 cm³/mol. The molecule has 0 saturated carbocycles. The van der Waals surface area contributed by atoms with Gasteiger partial charge in [0, 0.05) is 18.2 Å². The summed E-state index contributed by atoms with van der Waals surface area (Å²) in [6, 6.07) is 16.6. The van der Waals surface area contributed by atoms with Crippen molar-refractivity contribution in [3.8, 4) is 17.2 Å². The largest absolute Gasteiger partial charge is 0.497 e. The Labute approximate surface area is 183 Å². The van der Waals surface area contributed by atoms with E-state index in [-0.39, 0.29) is 22.8 Å². The number of carbonyl (C=O) groups is 2. The number of carbonyl (C=O) groups excluding carboxylic acids is 2. The quantitative estimate of drug-likeness (QED) is 0.126. The first kappa shape index (κ1) is 22.2. The number of ether oxygens (including phenoxy) is 3. The Bertz CT molecular complexity index is 1180. The van der Waals surface area contributed by atoms with Crippen molar-refractivity contribution in [2.24, 2.45) is 0 Å². The number of rotatable bonds is 8. The van der Waals surface area contributed by atoms with Crippen LogP contribution in [0.15, 0.2) is 72.8 Å². The average molecular weight is 433 g/mol. The zero-order valence-electron chi connectivity index (χ0n) is 17.3. The van der Waals surface area contributed by atoms with Crippen molar-refractivity contribution >= 4 is 23.5 Å². The molecule has 0 fully saturated rings. The minimum absolute atomic E-state index is 0.119. The minimum Gasteiger partial charge on any atom is -0.497 e. The van der Waals surface area contributed by atoms with Gasteiger partial charge in [-0.15, -0.1) is 0 Å². The third-order valence-electron chi connectivity index (χ3n) is 4.48. The molecule has 0 amide bonds. The van der Waals surface area contributed by atoms with Gasteiger partial charge >= 0.3 is 5.97 Å². The van der Waals surface area contributed by atoms with Gasteiger partial charge in [0.05, 0.1) is 30.3 Å². The first-order valence-electron chi connectivity index (χ1n) is 9.42. The maximum absolute atomic E-state index is 12.6. The highest BCUT2D eigenvalue weighted by atomic mass is 16.6. The molecule has 3 aromatic rings. The molecule has 0 aliphatic heterocycles. The second-order valence-corrected chi connectivity index (χ2v) is 6.53. The van der Waals surface area contributed by atoms with E-state index in [1.807, 2.05) is 0 Å². The second kappa shape index (κ2) is 10.0. The van der Waals surface area contributed by atoms with Crippen molar-refractivity contribution in [3.05, 3.63) is 99.6 Å². The molecule has 0 spiro atoms. The maximum atomic E-state index is 12.6. The van der Waals surface area contributed by atoms with Gasteiger partial charge in [0.15, 0.2) is 5.78 Å². The molecule has 0 atom stereocenters. The monoisotopic (exact) mass is 433 g/mol. The zero-order chi connectivity index (χ0) is 23.1. The number of nitrogens with zero attached hydrogens (tertiary/aromatic N) is 1. The van der Waals surface area contributed by atoms with Crippen LogP contribution in [-0.2, 0) is 0 Å². The van der Waals surface area contributed by atoms with Gasteiger partial charge < -0.3 is 14.2 Å². The predicted octanol–water partition coefficient (Wildman–Crippen LogP) is 4.73. The van der Waals surface area contributed by atoms with Crippen molar-refractivity contribution in [3.63, 3.8) is 0 Å². The lowest BCUT2D eigenvalue weighted by Crippen LogP contribution is -2.08. The number of hydrogen-bond donors (Lipinski definition) is 0. The van der Waals surface area contributed by atoms with Crippen LogP contribution in [0.5, 0.6) is 17.2 Å². The summed E-state index contributed by atoms with van der Waals surface area (Å²) in [6.07, 6.45) is 2.98. The van der Waals surface area contributed by atoms with Gasteiger partial charge in [0.25, 0.3) is 5.69 Å². The number of non-ortho nitro benzene ring substituents is 1. The lowest BCUT2D eigenvalue weighted by atomic mass is 10.1. The summed E-state index contributed by atoms with van der Waals surface area (Å²) in [5.41, 5.74) is 1.08. The van der Waals surface area contributed by atoms with Gasteiger partial charge in [0.1, 0.15) is 17.2 Å². The van der Waals surface area contributed by atoms with Gasteiger partial charge in [-0.2, -0.15) is 0 Å². The van der Waals surface area contributed by atoms with E-state index in [1.165, 1.54) is 44.6 Å². The first-order chi connectivity index (χ1) is 15.4. The molecule has 0 heterocycles. The van der Waals surface area contributed by atoms with Crippen LogP contribution < -0.4 is 14.2 Å². The smallest absolute Gasteiger partial charge is 0.343 e. The SMILES string of the molecule is COc1ccc(C(=O)C=Cc2cccc(OC(=O)c3ccc([N+](=O)[O-])cc3)c2)c(OC)c1. The highest BCUT2D eigenvalue weighted by Crippen LogP contribution is 2.25. The molecule has 0 saturated heterocycles. The Hall–Kier alpha value is -4.46. The normalized spacial score (nSPS) is 10.6. The second-order valence-electron chi connectivity index (χ2n) is 6.53. The van der Waals surface area contributed by atoms with Crippen molar-refractivity contribution in [2.75, 3.05) is 14.2 Å². The van der Waals surface area contributed by atoms with Gasteiger partial charge in [-0.25, -0.2) is 4.79 Å². The highest BCUT2D eigenvalue weighted by molar-refractivity contribution is 6.08. The van der Waals surface area contributed by atoms with Crippen LogP contribution in [0.4, 0.5) is 5.69 Å². The van der Waals surface area contributed by atoms with Crippen LogP contribution >= 0.6 is 0 Å². The van der Waals surface area contributed by atoms with E-state index in [2.05, 4.69) is 0 Å². The third-order valence-corrected chi connectivity index (χ3v) is 4.48. The van der Waals surface area contributed by atoms with Gasteiger partial charge in [-0.3, -0.25) is 14.9 Å². The topological polar surface area (TPSA) is 105 Å². The van der Waals surface area contributed by atoms with E-state index in [9.17, 15) is 19.7 Å². The lowest BCUT2D eigenvalue weighted by molar-refractivity contribution is -0.384. The third kappa shape index (κ3) is 5.37. The molecule has 0 aliphatic carbocycles. The summed E-state index contributed by atoms with van der Waals surface area (Å²) in [7, 11) is 3.00. The number of methoxy groups -OCH3 is 2. The number of esters is 1. The number of nitro groups is 1. The van der Waals surface area contributed by atoms with Crippen molar-refractivity contribution in [2.45, 2.75) is 0 Å². The average Bonchev–Trinajstić information content (AvgIpc) is 2.82. The van der Waals surface area contributed by atoms with E-state index >= 15 is 0 Å². The number of allylic oxidation sites excluding steroid dienone is 1. The lowest BCUT2D eigenvalue weighted by Gasteiger charge is -2.08. The van der Waals surface area contributed by atoms with Gasteiger partial charge in [0.2, 0.25) is 0 Å². The molecule has 0 aliphatic rings. The fourth-order valence-corrected chi connectivity index (χ4v) is 2.83. The molecule has 0 bridgehead atoms. The van der Waals surface area contributed by atoms with E-state index in [0.29, 0.717) is 22.6 Å². The highest BCUT2D eigenvalue weighted by Gasteiger charge is 2.13.